The summed E-state index contributed by atoms with van der Waals surface area (Å²) in [7, 11) is 0. The summed E-state index contributed by atoms with van der Waals surface area (Å²) < 4.78 is 103. The Bertz CT molecular complexity index is 1830. The van der Waals surface area contributed by atoms with Crippen LogP contribution in [0.15, 0.2) is 60.1 Å². The number of amides is 2. The number of carbonyl (C=O) groups is 2. The Morgan fingerprint density at radius 3 is 2.51 bits per heavy atom. The predicted octanol–water partition coefficient (Wildman–Crippen LogP) is 7.22. The van der Waals surface area contributed by atoms with E-state index in [1.165, 1.54) is 4.90 Å². The summed E-state index contributed by atoms with van der Waals surface area (Å²) in [5, 5.41) is 10.3. The minimum atomic E-state index is -4.96. The van der Waals surface area contributed by atoms with Crippen molar-refractivity contribution >= 4 is 28.8 Å². The second-order valence-corrected chi connectivity index (χ2v) is 14.4. The number of aromatic nitrogens is 1. The maximum atomic E-state index is 15.1. The normalized spacial score (nSPS) is 21.4. The van der Waals surface area contributed by atoms with E-state index in [0.29, 0.717) is 68.5 Å². The van der Waals surface area contributed by atoms with Gasteiger partial charge in [-0.2, -0.15) is 26.3 Å². The maximum Gasteiger partial charge on any atom is 0.425 e. The molecule has 0 aliphatic carbocycles. The molecule has 3 aliphatic heterocycles. The predicted molar refractivity (Wildman–Crippen MR) is 192 cm³/mol. The van der Waals surface area contributed by atoms with Crippen molar-refractivity contribution in [2.45, 2.75) is 68.9 Å². The molecule has 55 heavy (non-hydrogen) atoms. The van der Waals surface area contributed by atoms with Crippen molar-refractivity contribution in [2.75, 3.05) is 57.4 Å². The van der Waals surface area contributed by atoms with E-state index in [2.05, 4.69) is 4.98 Å². The van der Waals surface area contributed by atoms with Crippen molar-refractivity contribution in [3.63, 3.8) is 0 Å². The number of fused-ring (bicyclic) bond motifs is 2. The Morgan fingerprint density at radius 2 is 1.78 bits per heavy atom. The molecular weight excluding hydrogens is 754 g/mol. The van der Waals surface area contributed by atoms with Crippen LogP contribution >= 0.6 is 11.3 Å². The average Bonchev–Trinajstić information content (AvgIpc) is 3.65. The first-order chi connectivity index (χ1) is 26.3. The fourth-order valence-electron chi connectivity index (χ4n) is 7.31. The molecule has 0 spiro atoms. The highest BCUT2D eigenvalue weighted by atomic mass is 32.1. The Balaban J connectivity index is 1.39. The van der Waals surface area contributed by atoms with Crippen LogP contribution in [0.3, 0.4) is 0 Å². The van der Waals surface area contributed by atoms with Crippen molar-refractivity contribution in [1.82, 2.24) is 14.8 Å². The van der Waals surface area contributed by atoms with Crippen molar-refractivity contribution in [3.8, 4) is 17.4 Å². The molecule has 0 saturated carbocycles. The Kier molecular flexibility index (Phi) is 12.5. The first-order valence-corrected chi connectivity index (χ1v) is 19.1. The molecule has 3 aliphatic rings. The monoisotopic (exact) mass is 796 g/mol. The van der Waals surface area contributed by atoms with Gasteiger partial charge in [-0.15, -0.1) is 11.3 Å². The molecule has 6 rings (SSSR count). The molecule has 2 saturated heterocycles. The number of para-hydroxylation sites is 2. The van der Waals surface area contributed by atoms with Gasteiger partial charge in [0, 0.05) is 69.8 Å². The van der Waals surface area contributed by atoms with Gasteiger partial charge in [-0.05, 0) is 50.3 Å². The molecule has 2 atom stereocenters. The molecule has 0 bridgehead atoms. The third-order valence-corrected chi connectivity index (χ3v) is 10.9. The van der Waals surface area contributed by atoms with E-state index >= 15 is 4.79 Å². The van der Waals surface area contributed by atoms with Gasteiger partial charge < -0.3 is 34.0 Å². The lowest BCUT2D eigenvalue weighted by atomic mass is 9.80. The van der Waals surface area contributed by atoms with E-state index in [-0.39, 0.29) is 57.9 Å². The third kappa shape index (κ3) is 8.98. The molecule has 5 heterocycles. The van der Waals surface area contributed by atoms with Crippen molar-refractivity contribution in [2.24, 2.45) is 0 Å². The van der Waals surface area contributed by atoms with Crippen molar-refractivity contribution in [3.05, 3.63) is 76.1 Å². The number of aliphatic hydroxyl groups excluding tert-OH is 1. The Labute approximate surface area is 318 Å². The molecule has 2 unspecified atom stereocenters. The second-order valence-electron chi connectivity index (χ2n) is 13.5. The number of ether oxygens (including phenoxy) is 3. The van der Waals surface area contributed by atoms with Crippen LogP contribution in [0.25, 0.3) is 0 Å². The standard InChI is InChI=1S/C38H42F6N4O6S/c39-37(40,41)27-13-15-45-33-32(27)34(50)48-16-8-14-36(30(48)12-4-2-1-3-7-22-53-33,54-26-24-31(55-25-26)38(42,43)44)35(51)47-19-17-46(18-20-47)28-10-5-6-11-29(28)52-23-9-21-49/h2,4-6,10-11,13,15,24-25,30,49H,1,3,7-9,12,14,16-23H2. The maximum absolute atomic E-state index is 15.1. The Morgan fingerprint density at radius 1 is 1.00 bits per heavy atom. The number of rotatable bonds is 8. The van der Waals surface area contributed by atoms with E-state index < -0.39 is 57.7 Å². The summed E-state index contributed by atoms with van der Waals surface area (Å²) in [6.07, 6.45) is -2.97. The molecular formula is C38H42F6N4O6S. The van der Waals surface area contributed by atoms with Crippen molar-refractivity contribution in [1.29, 1.82) is 0 Å². The fourth-order valence-corrected chi connectivity index (χ4v) is 7.99. The molecule has 2 amide bonds. The highest BCUT2D eigenvalue weighted by Crippen LogP contribution is 2.44. The number of hydrogen-bond acceptors (Lipinski definition) is 9. The minimum absolute atomic E-state index is 0.0162. The molecule has 3 aromatic rings. The van der Waals surface area contributed by atoms with Crippen LogP contribution in [0.4, 0.5) is 32.0 Å². The summed E-state index contributed by atoms with van der Waals surface area (Å²) in [5.41, 5.74) is -3.24. The van der Waals surface area contributed by atoms with E-state index in [0.717, 1.165) is 23.3 Å². The van der Waals surface area contributed by atoms with Gasteiger partial charge in [-0.3, -0.25) is 9.59 Å². The number of anilines is 1. The summed E-state index contributed by atoms with van der Waals surface area (Å²) in [6, 6.07) is 7.63. The lowest BCUT2D eigenvalue weighted by Gasteiger charge is -2.50. The molecule has 1 aromatic carbocycles. The number of piperazine rings is 1. The van der Waals surface area contributed by atoms with Gasteiger partial charge in [0.15, 0.2) is 0 Å². The molecule has 17 heteroatoms. The first kappa shape index (κ1) is 40.2. The van der Waals surface area contributed by atoms with E-state index in [9.17, 15) is 36.2 Å². The van der Waals surface area contributed by atoms with E-state index in [1.807, 2.05) is 29.2 Å². The van der Waals surface area contributed by atoms with Gasteiger partial charge in [-0.1, -0.05) is 24.3 Å². The van der Waals surface area contributed by atoms with Crippen LogP contribution in [0.5, 0.6) is 17.4 Å². The number of piperidine rings is 1. The fraction of sp³-hybridized carbons (Fsp3) is 0.500. The summed E-state index contributed by atoms with van der Waals surface area (Å²) in [4.78, 5) is 37.4. The first-order valence-electron chi connectivity index (χ1n) is 18.2. The molecule has 10 nitrogen and oxygen atoms in total. The molecule has 298 valence electrons. The second kappa shape index (κ2) is 17.1. The topological polar surface area (TPSA) is 105 Å². The zero-order valence-corrected chi connectivity index (χ0v) is 30.7. The number of thiophene rings is 1. The third-order valence-electron chi connectivity index (χ3n) is 9.94. The van der Waals surface area contributed by atoms with Crippen LogP contribution in [0, 0.1) is 0 Å². The van der Waals surface area contributed by atoms with Gasteiger partial charge in [0.1, 0.15) is 21.9 Å². The van der Waals surface area contributed by atoms with Gasteiger partial charge in [0.05, 0.1) is 30.5 Å². The number of alkyl halides is 6. The summed E-state index contributed by atoms with van der Waals surface area (Å²) in [5.74, 6) is -1.78. The largest absolute Gasteiger partial charge is 0.491 e. The molecule has 2 aromatic heterocycles. The van der Waals surface area contributed by atoms with E-state index in [4.69, 9.17) is 14.2 Å². The van der Waals surface area contributed by atoms with Gasteiger partial charge in [0.25, 0.3) is 11.8 Å². The van der Waals surface area contributed by atoms with Gasteiger partial charge in [0.2, 0.25) is 11.5 Å². The number of carbonyl (C=O) groups excluding carboxylic acids is 2. The zero-order chi connectivity index (χ0) is 39.2. The summed E-state index contributed by atoms with van der Waals surface area (Å²) in [6.45, 7) is 1.25. The zero-order valence-electron chi connectivity index (χ0n) is 29.9. The number of benzene rings is 1. The average molecular weight is 797 g/mol. The van der Waals surface area contributed by atoms with Crippen LogP contribution in [0.1, 0.15) is 65.7 Å². The molecule has 0 radical (unpaired) electrons. The SMILES string of the molecule is O=C1c2c(C(F)(F)F)ccnc2OCCCCC=CCC2N1CCCC2(Oc1csc(C(F)(F)F)c1)C(=O)N1CCN(c2ccccc2OCCCO)CC1. The van der Waals surface area contributed by atoms with Crippen molar-refractivity contribution < 1.29 is 55.2 Å². The number of pyridine rings is 1. The smallest absolute Gasteiger partial charge is 0.425 e. The number of aliphatic hydroxyl groups is 1. The molecule has 2 fully saturated rings. The summed E-state index contributed by atoms with van der Waals surface area (Å²) >= 11 is 0.392. The lowest BCUT2D eigenvalue weighted by molar-refractivity contribution is -0.159. The van der Waals surface area contributed by atoms with Gasteiger partial charge in [-0.25, -0.2) is 4.98 Å². The van der Waals surface area contributed by atoms with Crippen LogP contribution in [-0.2, 0) is 17.1 Å². The molecule has 1 N–H and O–H groups in total. The van der Waals surface area contributed by atoms with E-state index in [1.54, 1.807) is 17.0 Å². The van der Waals surface area contributed by atoms with Gasteiger partial charge >= 0.3 is 12.4 Å². The van der Waals surface area contributed by atoms with Crippen LogP contribution in [-0.4, -0.2) is 95.9 Å². The number of nitrogens with zero attached hydrogens (tertiary/aromatic N) is 4. The number of hydrogen-bond donors (Lipinski definition) is 1. The lowest BCUT2D eigenvalue weighted by Crippen LogP contribution is -2.69. The minimum Gasteiger partial charge on any atom is -0.491 e. The number of halogens is 6. The highest BCUT2D eigenvalue weighted by molar-refractivity contribution is 7.10. The highest BCUT2D eigenvalue weighted by Gasteiger charge is 2.56. The number of allylic oxidation sites excluding steroid dienone is 1. The van der Waals surface area contributed by atoms with Crippen LogP contribution in [0.2, 0.25) is 0 Å². The quantitative estimate of drug-likeness (QED) is 0.145. The van der Waals surface area contributed by atoms with Crippen LogP contribution < -0.4 is 19.1 Å². The Hall–Kier alpha value is -4.51.